The Hall–Kier alpha value is -1.79. The average Bonchev–Trinajstić information content (AvgIpc) is 3.07. The number of carbonyl (C=O) groups excluding carboxylic acids is 2. The highest BCUT2D eigenvalue weighted by atomic mass is 16.4. The highest BCUT2D eigenvalue weighted by Crippen LogP contribution is 2.35. The van der Waals surface area contributed by atoms with Crippen molar-refractivity contribution in [3.8, 4) is 0 Å². The number of rotatable bonds is 7. The normalized spacial score (nSPS) is 15.7. The molecule has 0 aliphatic heterocycles. The second kappa shape index (κ2) is 6.40. The van der Waals surface area contributed by atoms with Crippen LogP contribution in [0.1, 0.15) is 33.1 Å². The van der Waals surface area contributed by atoms with Gasteiger partial charge >= 0.3 is 12.0 Å². The molecule has 4 N–H and O–H groups in total. The second-order valence-electron chi connectivity index (χ2n) is 5.22. The molecule has 1 saturated carbocycles. The Morgan fingerprint density at radius 2 is 1.84 bits per heavy atom. The van der Waals surface area contributed by atoms with Gasteiger partial charge < -0.3 is 21.1 Å². The molecule has 1 aliphatic carbocycles. The predicted octanol–water partition coefficient (Wildman–Crippen LogP) is 0.0651. The van der Waals surface area contributed by atoms with Gasteiger partial charge in [0.1, 0.15) is 5.54 Å². The van der Waals surface area contributed by atoms with E-state index in [1.54, 1.807) is 0 Å². The van der Waals surface area contributed by atoms with Crippen LogP contribution >= 0.6 is 0 Å². The lowest BCUT2D eigenvalue weighted by Gasteiger charge is -2.13. The van der Waals surface area contributed by atoms with E-state index in [0.717, 1.165) is 0 Å². The summed E-state index contributed by atoms with van der Waals surface area (Å²) in [6, 6.07) is -0.545. The van der Waals surface area contributed by atoms with Crippen LogP contribution < -0.4 is 16.0 Å². The van der Waals surface area contributed by atoms with E-state index in [1.807, 2.05) is 13.8 Å². The zero-order valence-electron chi connectivity index (χ0n) is 11.3. The maximum absolute atomic E-state index is 11.4. The van der Waals surface area contributed by atoms with Crippen molar-refractivity contribution in [1.29, 1.82) is 0 Å². The maximum Gasteiger partial charge on any atom is 0.329 e. The molecule has 0 heterocycles. The van der Waals surface area contributed by atoms with Crippen molar-refractivity contribution < 1.29 is 19.5 Å². The van der Waals surface area contributed by atoms with Crippen LogP contribution in [0.3, 0.4) is 0 Å². The summed E-state index contributed by atoms with van der Waals surface area (Å²) in [5.41, 5.74) is -1.09. The molecule has 0 radical (unpaired) electrons. The number of carboxylic acids is 1. The Balaban J connectivity index is 2.14. The van der Waals surface area contributed by atoms with Gasteiger partial charge in [0, 0.05) is 19.5 Å². The first kappa shape index (κ1) is 15.3. The van der Waals surface area contributed by atoms with Crippen LogP contribution in [0.5, 0.6) is 0 Å². The monoisotopic (exact) mass is 271 g/mol. The summed E-state index contributed by atoms with van der Waals surface area (Å²) < 4.78 is 0. The molecule has 0 saturated heterocycles. The summed E-state index contributed by atoms with van der Waals surface area (Å²) >= 11 is 0. The van der Waals surface area contributed by atoms with Crippen LogP contribution in [0.4, 0.5) is 4.79 Å². The molecule has 1 aliphatic rings. The van der Waals surface area contributed by atoms with Crippen LogP contribution in [0.25, 0.3) is 0 Å². The van der Waals surface area contributed by atoms with E-state index in [-0.39, 0.29) is 18.9 Å². The Bertz CT molecular complexity index is 364. The minimum atomic E-state index is -1.09. The smallest absolute Gasteiger partial charge is 0.329 e. The molecule has 0 unspecified atom stereocenters. The van der Waals surface area contributed by atoms with Crippen LogP contribution in [-0.2, 0) is 9.59 Å². The largest absolute Gasteiger partial charge is 0.480 e. The third-order valence-corrected chi connectivity index (χ3v) is 2.86. The summed E-state index contributed by atoms with van der Waals surface area (Å²) in [6.45, 7) is 4.78. The molecule has 0 aromatic carbocycles. The first-order valence-electron chi connectivity index (χ1n) is 6.42. The number of carbonyl (C=O) groups is 3. The van der Waals surface area contributed by atoms with Crippen LogP contribution in [0, 0.1) is 5.92 Å². The Morgan fingerprint density at radius 1 is 1.21 bits per heavy atom. The Labute approximate surface area is 112 Å². The summed E-state index contributed by atoms with van der Waals surface area (Å²) in [6.07, 6.45) is 1.08. The number of urea groups is 1. The quantitative estimate of drug-likeness (QED) is 0.525. The Morgan fingerprint density at radius 3 is 2.32 bits per heavy atom. The number of aliphatic carboxylic acids is 1. The standard InChI is InChI=1S/C12H21N3O4/c1-8(2)7-14-9(16)3-6-13-11(19)15-12(4-5-12)10(17)18/h8H,3-7H2,1-2H3,(H,14,16)(H,17,18)(H2,13,15,19). The minimum absolute atomic E-state index is 0.131. The van der Waals surface area contributed by atoms with Crippen LogP contribution in [0.2, 0.25) is 0 Å². The van der Waals surface area contributed by atoms with Gasteiger partial charge in [-0.3, -0.25) is 4.79 Å². The van der Waals surface area contributed by atoms with Gasteiger partial charge in [0.05, 0.1) is 0 Å². The first-order chi connectivity index (χ1) is 8.85. The number of hydrogen-bond donors (Lipinski definition) is 4. The summed E-state index contributed by atoms with van der Waals surface area (Å²) in [7, 11) is 0. The van der Waals surface area contributed by atoms with Gasteiger partial charge in [0.15, 0.2) is 0 Å². The minimum Gasteiger partial charge on any atom is -0.480 e. The molecule has 0 atom stereocenters. The van der Waals surface area contributed by atoms with Gasteiger partial charge in [0.2, 0.25) is 5.91 Å². The lowest BCUT2D eigenvalue weighted by molar-refractivity contribution is -0.140. The number of nitrogens with one attached hydrogen (secondary N) is 3. The fraction of sp³-hybridized carbons (Fsp3) is 0.750. The fourth-order valence-electron chi connectivity index (χ4n) is 1.47. The van der Waals surface area contributed by atoms with E-state index >= 15 is 0 Å². The molecule has 3 amide bonds. The van der Waals surface area contributed by atoms with E-state index in [4.69, 9.17) is 5.11 Å². The van der Waals surface area contributed by atoms with E-state index in [0.29, 0.717) is 25.3 Å². The number of amides is 3. The highest BCUT2D eigenvalue weighted by molar-refractivity contribution is 5.89. The van der Waals surface area contributed by atoms with Gasteiger partial charge in [-0.2, -0.15) is 0 Å². The highest BCUT2D eigenvalue weighted by Gasteiger charge is 2.51. The van der Waals surface area contributed by atoms with Crippen molar-refractivity contribution in [2.75, 3.05) is 13.1 Å². The van der Waals surface area contributed by atoms with E-state index in [2.05, 4.69) is 16.0 Å². The van der Waals surface area contributed by atoms with Gasteiger partial charge in [-0.1, -0.05) is 13.8 Å². The molecule has 7 heteroatoms. The van der Waals surface area contributed by atoms with Crippen molar-refractivity contribution in [1.82, 2.24) is 16.0 Å². The van der Waals surface area contributed by atoms with E-state index < -0.39 is 17.5 Å². The molecule has 0 spiro atoms. The van der Waals surface area contributed by atoms with Gasteiger partial charge in [-0.15, -0.1) is 0 Å². The van der Waals surface area contributed by atoms with Crippen molar-refractivity contribution in [2.24, 2.45) is 5.92 Å². The zero-order chi connectivity index (χ0) is 14.5. The SMILES string of the molecule is CC(C)CNC(=O)CCNC(=O)NC1(C(=O)O)CC1. The van der Waals surface area contributed by atoms with Gasteiger partial charge in [-0.25, -0.2) is 9.59 Å². The lowest BCUT2D eigenvalue weighted by Crippen LogP contribution is -2.48. The van der Waals surface area contributed by atoms with Crippen molar-refractivity contribution in [3.05, 3.63) is 0 Å². The average molecular weight is 271 g/mol. The molecule has 1 rings (SSSR count). The van der Waals surface area contributed by atoms with Crippen LogP contribution in [0.15, 0.2) is 0 Å². The third-order valence-electron chi connectivity index (χ3n) is 2.86. The molecule has 19 heavy (non-hydrogen) atoms. The molecular formula is C12H21N3O4. The maximum atomic E-state index is 11.4. The fourth-order valence-corrected chi connectivity index (χ4v) is 1.47. The zero-order valence-corrected chi connectivity index (χ0v) is 11.3. The number of hydrogen-bond acceptors (Lipinski definition) is 3. The lowest BCUT2D eigenvalue weighted by atomic mass is 10.2. The van der Waals surface area contributed by atoms with E-state index in [9.17, 15) is 14.4 Å². The molecule has 0 bridgehead atoms. The molecule has 7 nitrogen and oxygen atoms in total. The van der Waals surface area contributed by atoms with E-state index in [1.165, 1.54) is 0 Å². The predicted molar refractivity (Wildman–Crippen MR) is 68.6 cm³/mol. The first-order valence-corrected chi connectivity index (χ1v) is 6.42. The summed E-state index contributed by atoms with van der Waals surface area (Å²) in [5.74, 6) is -0.767. The Kier molecular flexibility index (Phi) is 5.14. The van der Waals surface area contributed by atoms with Crippen molar-refractivity contribution in [2.45, 2.75) is 38.6 Å². The molecular weight excluding hydrogens is 250 g/mol. The second-order valence-corrected chi connectivity index (χ2v) is 5.22. The molecule has 1 fully saturated rings. The topological polar surface area (TPSA) is 108 Å². The third kappa shape index (κ3) is 5.15. The van der Waals surface area contributed by atoms with Gasteiger partial charge in [0.25, 0.3) is 0 Å². The molecule has 0 aromatic heterocycles. The number of carboxylic acid groups (broad SMARTS) is 1. The molecule has 0 aromatic rings. The van der Waals surface area contributed by atoms with Crippen molar-refractivity contribution >= 4 is 17.9 Å². The van der Waals surface area contributed by atoms with Crippen molar-refractivity contribution in [3.63, 3.8) is 0 Å². The summed E-state index contributed by atoms with van der Waals surface area (Å²) in [4.78, 5) is 33.6. The van der Waals surface area contributed by atoms with Gasteiger partial charge in [-0.05, 0) is 18.8 Å². The summed E-state index contributed by atoms with van der Waals surface area (Å²) in [5, 5.41) is 16.5. The van der Waals surface area contributed by atoms with Crippen LogP contribution in [-0.4, -0.2) is 41.6 Å². The molecule has 108 valence electrons.